The second-order valence-electron chi connectivity index (χ2n) is 5.20. The lowest BCUT2D eigenvalue weighted by Crippen LogP contribution is -2.63. The highest BCUT2D eigenvalue weighted by molar-refractivity contribution is 7.89. The molecule has 1 aliphatic heterocycles. The van der Waals surface area contributed by atoms with Gasteiger partial charge in [0, 0.05) is 18.1 Å². The van der Waals surface area contributed by atoms with Crippen molar-refractivity contribution in [3.63, 3.8) is 0 Å². The van der Waals surface area contributed by atoms with Crippen molar-refractivity contribution in [2.24, 2.45) is 0 Å². The van der Waals surface area contributed by atoms with Gasteiger partial charge in [0.2, 0.25) is 15.9 Å². The number of piperazine rings is 1. The van der Waals surface area contributed by atoms with E-state index in [4.69, 9.17) is 17.3 Å². The molecule has 9 heteroatoms. The van der Waals surface area contributed by atoms with Gasteiger partial charge in [-0.3, -0.25) is 4.79 Å². The number of hydrogen-bond acceptors (Lipinski definition) is 4. The molecule has 0 aromatic heterocycles. The minimum atomic E-state index is -4.25. The van der Waals surface area contributed by atoms with Crippen LogP contribution in [0.15, 0.2) is 17.0 Å². The summed E-state index contributed by atoms with van der Waals surface area (Å²) in [5, 5.41) is 2.58. The molecule has 1 amide bonds. The Morgan fingerprint density at radius 3 is 2.67 bits per heavy atom. The van der Waals surface area contributed by atoms with Gasteiger partial charge in [0.05, 0.1) is 5.69 Å². The summed E-state index contributed by atoms with van der Waals surface area (Å²) in [6.45, 7) is 3.09. The van der Waals surface area contributed by atoms with Crippen molar-refractivity contribution in [3.8, 4) is 0 Å². The molecule has 0 spiro atoms. The predicted molar refractivity (Wildman–Crippen MR) is 76.8 cm³/mol. The highest BCUT2D eigenvalue weighted by Crippen LogP contribution is 2.31. The van der Waals surface area contributed by atoms with Gasteiger partial charge in [0.1, 0.15) is 10.4 Å². The van der Waals surface area contributed by atoms with E-state index in [9.17, 15) is 17.6 Å². The second-order valence-corrected chi connectivity index (χ2v) is 7.47. The summed E-state index contributed by atoms with van der Waals surface area (Å²) in [4.78, 5) is 11.2. The maximum atomic E-state index is 14.1. The predicted octanol–water partition coefficient (Wildman–Crippen LogP) is 0.960. The number of rotatable bonds is 2. The van der Waals surface area contributed by atoms with Crippen LogP contribution in [0.4, 0.5) is 10.1 Å². The van der Waals surface area contributed by atoms with E-state index in [1.165, 1.54) is 13.8 Å². The van der Waals surface area contributed by atoms with Crippen molar-refractivity contribution in [2.75, 3.05) is 18.8 Å². The lowest BCUT2D eigenvalue weighted by molar-refractivity contribution is -0.131. The summed E-state index contributed by atoms with van der Waals surface area (Å²) in [5.74, 6) is -1.52. The zero-order valence-corrected chi connectivity index (χ0v) is 13.1. The highest BCUT2D eigenvalue weighted by atomic mass is 35.5. The van der Waals surface area contributed by atoms with Crippen LogP contribution in [0.3, 0.4) is 0 Å². The van der Waals surface area contributed by atoms with E-state index in [0.717, 1.165) is 16.4 Å². The summed E-state index contributed by atoms with van der Waals surface area (Å²) < 4.78 is 40.4. The van der Waals surface area contributed by atoms with E-state index in [0.29, 0.717) is 0 Å². The summed E-state index contributed by atoms with van der Waals surface area (Å²) in [6.07, 6.45) is 0. The molecule has 1 saturated heterocycles. The first-order chi connectivity index (χ1) is 9.58. The third kappa shape index (κ3) is 2.58. The molecule has 0 unspecified atom stereocenters. The van der Waals surface area contributed by atoms with Crippen molar-refractivity contribution < 1.29 is 17.6 Å². The van der Waals surface area contributed by atoms with E-state index in [2.05, 4.69) is 5.32 Å². The van der Waals surface area contributed by atoms with Gasteiger partial charge >= 0.3 is 0 Å². The van der Waals surface area contributed by atoms with Crippen molar-refractivity contribution in [2.45, 2.75) is 24.3 Å². The van der Waals surface area contributed by atoms with Crippen molar-refractivity contribution in [3.05, 3.63) is 23.0 Å². The molecule has 0 aliphatic carbocycles. The number of nitrogens with two attached hydrogens (primary N) is 1. The van der Waals surface area contributed by atoms with E-state index < -0.39 is 32.2 Å². The molecule has 1 aromatic carbocycles. The van der Waals surface area contributed by atoms with E-state index in [-0.39, 0.29) is 23.8 Å². The Morgan fingerprint density at radius 1 is 1.43 bits per heavy atom. The maximum absolute atomic E-state index is 14.1. The Bertz CT molecular complexity index is 706. The van der Waals surface area contributed by atoms with Crippen LogP contribution in [-0.4, -0.2) is 37.3 Å². The molecule has 116 valence electrons. The van der Waals surface area contributed by atoms with Gasteiger partial charge in [0.25, 0.3) is 0 Å². The fraction of sp³-hybridized carbons (Fsp3) is 0.417. The van der Waals surface area contributed by atoms with Crippen molar-refractivity contribution >= 4 is 33.2 Å². The second kappa shape index (κ2) is 5.11. The minimum Gasteiger partial charge on any atom is -0.396 e. The number of amides is 1. The van der Waals surface area contributed by atoms with Crippen LogP contribution in [0, 0.1) is 5.82 Å². The zero-order valence-electron chi connectivity index (χ0n) is 11.5. The Hall–Kier alpha value is -1.38. The minimum absolute atomic E-state index is 0.00624. The fourth-order valence-electron chi connectivity index (χ4n) is 2.19. The number of nitrogen functional groups attached to an aromatic ring is 1. The van der Waals surface area contributed by atoms with Crippen LogP contribution in [0.2, 0.25) is 5.02 Å². The molecule has 2 rings (SSSR count). The fourth-order valence-corrected chi connectivity index (χ4v) is 4.36. The van der Waals surface area contributed by atoms with Gasteiger partial charge in [-0.1, -0.05) is 11.6 Å². The molecule has 0 radical (unpaired) electrons. The molecular weight excluding hydrogens is 321 g/mol. The lowest BCUT2D eigenvalue weighted by Gasteiger charge is -2.39. The molecule has 1 fully saturated rings. The Balaban J connectivity index is 2.60. The first-order valence-corrected chi connectivity index (χ1v) is 7.96. The van der Waals surface area contributed by atoms with E-state index in [1.807, 2.05) is 0 Å². The number of nitrogens with zero attached hydrogens (tertiary/aromatic N) is 1. The molecule has 0 bridgehead atoms. The Kier molecular flexibility index (Phi) is 3.90. The average molecular weight is 336 g/mol. The largest absolute Gasteiger partial charge is 0.396 e. The Morgan fingerprint density at radius 2 is 2.05 bits per heavy atom. The number of carbonyl (C=O) groups is 1. The number of benzene rings is 1. The van der Waals surface area contributed by atoms with Gasteiger partial charge in [0.15, 0.2) is 5.82 Å². The van der Waals surface area contributed by atoms with Crippen molar-refractivity contribution in [1.29, 1.82) is 0 Å². The van der Waals surface area contributed by atoms with Gasteiger partial charge in [-0.05, 0) is 26.0 Å². The number of sulfonamides is 1. The van der Waals surface area contributed by atoms with Crippen LogP contribution in [0.5, 0.6) is 0 Å². The maximum Gasteiger partial charge on any atom is 0.247 e. The number of halogens is 2. The summed E-state index contributed by atoms with van der Waals surface area (Å²) >= 11 is 5.76. The normalized spacial score (nSPS) is 19.3. The van der Waals surface area contributed by atoms with Gasteiger partial charge in [-0.25, -0.2) is 12.8 Å². The summed E-state index contributed by atoms with van der Waals surface area (Å²) in [5.41, 5.74) is 3.73. The molecule has 0 saturated carbocycles. The Labute approximate surface area is 127 Å². The SMILES string of the molecule is CC1(C)C(=O)NCCN1S(=O)(=O)c1cc(Cl)cc(N)c1F. The van der Waals surface area contributed by atoms with Crippen LogP contribution in [0.25, 0.3) is 0 Å². The molecule has 21 heavy (non-hydrogen) atoms. The standard InChI is InChI=1S/C12H15ClFN3O3S/c1-12(2)11(18)16-3-4-17(12)21(19,20)9-6-7(13)5-8(15)10(9)14/h5-6H,3-4,15H2,1-2H3,(H,16,18). The zero-order chi connectivity index (χ0) is 16.0. The molecule has 1 aliphatic rings. The molecule has 1 heterocycles. The first-order valence-electron chi connectivity index (χ1n) is 6.14. The number of nitrogens with one attached hydrogen (secondary N) is 1. The third-order valence-electron chi connectivity index (χ3n) is 3.38. The summed E-state index contributed by atoms with van der Waals surface area (Å²) in [6, 6.07) is 2.12. The van der Waals surface area contributed by atoms with Crippen LogP contribution < -0.4 is 11.1 Å². The topological polar surface area (TPSA) is 92.5 Å². The van der Waals surface area contributed by atoms with Gasteiger partial charge in [-0.2, -0.15) is 4.31 Å². The van der Waals surface area contributed by atoms with Crippen LogP contribution in [-0.2, 0) is 14.8 Å². The quantitative estimate of drug-likeness (QED) is 0.787. The smallest absolute Gasteiger partial charge is 0.247 e. The number of hydrogen-bond donors (Lipinski definition) is 2. The first kappa shape index (κ1) is 16.0. The molecule has 3 N–H and O–H groups in total. The lowest BCUT2D eigenvalue weighted by atomic mass is 10.0. The van der Waals surface area contributed by atoms with E-state index >= 15 is 0 Å². The third-order valence-corrected chi connectivity index (χ3v) is 5.67. The van der Waals surface area contributed by atoms with Crippen LogP contribution >= 0.6 is 11.6 Å². The van der Waals surface area contributed by atoms with Crippen LogP contribution in [0.1, 0.15) is 13.8 Å². The molecule has 0 atom stereocenters. The molecule has 6 nitrogen and oxygen atoms in total. The highest BCUT2D eigenvalue weighted by Gasteiger charge is 2.45. The van der Waals surface area contributed by atoms with Gasteiger partial charge < -0.3 is 11.1 Å². The summed E-state index contributed by atoms with van der Waals surface area (Å²) in [7, 11) is -4.25. The van der Waals surface area contributed by atoms with Gasteiger partial charge in [-0.15, -0.1) is 0 Å². The molecule has 1 aromatic rings. The average Bonchev–Trinajstić information content (AvgIpc) is 2.36. The monoisotopic (exact) mass is 335 g/mol. The number of carbonyl (C=O) groups excluding carboxylic acids is 1. The van der Waals surface area contributed by atoms with E-state index in [1.54, 1.807) is 0 Å². The number of anilines is 1. The molecular formula is C12H15ClFN3O3S. The van der Waals surface area contributed by atoms with Crippen molar-refractivity contribution in [1.82, 2.24) is 9.62 Å².